The molecule has 6 heteroatoms. The minimum atomic E-state index is -0.124. The molecule has 0 aromatic heterocycles. The highest BCUT2D eigenvalue weighted by molar-refractivity contribution is 5.94. The van der Waals surface area contributed by atoms with E-state index in [1.165, 1.54) is 0 Å². The molecule has 1 aromatic carbocycles. The first-order valence-corrected chi connectivity index (χ1v) is 7.08. The van der Waals surface area contributed by atoms with Crippen LogP contribution in [0.4, 0.5) is 11.4 Å². The lowest BCUT2D eigenvalue weighted by Crippen LogP contribution is -2.38. The van der Waals surface area contributed by atoms with Crippen molar-refractivity contribution in [1.29, 1.82) is 0 Å². The Balaban J connectivity index is 1.95. The summed E-state index contributed by atoms with van der Waals surface area (Å²) in [5, 5.41) is 2.86. The molecular formula is C15H22N4O2. The van der Waals surface area contributed by atoms with E-state index in [2.05, 4.69) is 5.32 Å². The molecule has 0 spiro atoms. The number of rotatable bonds is 3. The standard InChI is InChI=1S/C15H22N4O2/c1-11-12(16)5-3-6-13(11)17-14(20)9-19-8-4-7-18(2)15(21)10-19/h3,5-6H,4,7-10,16H2,1-2H3,(H,17,20). The van der Waals surface area contributed by atoms with Gasteiger partial charge in [0.1, 0.15) is 0 Å². The van der Waals surface area contributed by atoms with Crippen molar-refractivity contribution in [3.05, 3.63) is 23.8 Å². The minimum absolute atomic E-state index is 0.0560. The quantitative estimate of drug-likeness (QED) is 0.802. The fourth-order valence-corrected chi connectivity index (χ4v) is 2.36. The van der Waals surface area contributed by atoms with Crippen molar-refractivity contribution < 1.29 is 9.59 Å². The summed E-state index contributed by atoms with van der Waals surface area (Å²) in [6.45, 7) is 3.87. The van der Waals surface area contributed by atoms with Gasteiger partial charge in [-0.3, -0.25) is 14.5 Å². The van der Waals surface area contributed by atoms with E-state index in [0.717, 1.165) is 30.8 Å². The summed E-state index contributed by atoms with van der Waals surface area (Å²) in [5.74, 6) is -0.0681. The summed E-state index contributed by atoms with van der Waals surface area (Å²) in [7, 11) is 1.79. The zero-order chi connectivity index (χ0) is 15.4. The van der Waals surface area contributed by atoms with Crippen molar-refractivity contribution in [2.24, 2.45) is 0 Å². The monoisotopic (exact) mass is 290 g/mol. The van der Waals surface area contributed by atoms with Crippen LogP contribution in [-0.4, -0.2) is 54.8 Å². The molecule has 1 aliphatic rings. The molecule has 0 aliphatic carbocycles. The van der Waals surface area contributed by atoms with Crippen molar-refractivity contribution in [2.45, 2.75) is 13.3 Å². The molecule has 2 amide bonds. The number of nitrogen functional groups attached to an aromatic ring is 1. The Hall–Kier alpha value is -2.08. The van der Waals surface area contributed by atoms with Gasteiger partial charge in [0.2, 0.25) is 11.8 Å². The average Bonchev–Trinajstić information content (AvgIpc) is 2.57. The maximum absolute atomic E-state index is 12.1. The second-order valence-corrected chi connectivity index (χ2v) is 5.45. The van der Waals surface area contributed by atoms with E-state index in [1.807, 2.05) is 24.0 Å². The van der Waals surface area contributed by atoms with Crippen molar-refractivity contribution in [3.63, 3.8) is 0 Å². The first kappa shape index (κ1) is 15.3. The highest BCUT2D eigenvalue weighted by Gasteiger charge is 2.20. The molecule has 2 rings (SSSR count). The smallest absolute Gasteiger partial charge is 0.238 e. The fraction of sp³-hybridized carbons (Fsp3) is 0.467. The Labute approximate surface area is 124 Å². The van der Waals surface area contributed by atoms with Crippen LogP contribution in [0.25, 0.3) is 0 Å². The molecule has 1 aromatic rings. The molecule has 114 valence electrons. The lowest BCUT2D eigenvalue weighted by molar-refractivity contribution is -0.130. The predicted molar refractivity (Wildman–Crippen MR) is 82.9 cm³/mol. The van der Waals surface area contributed by atoms with Crippen LogP contribution < -0.4 is 11.1 Å². The van der Waals surface area contributed by atoms with E-state index >= 15 is 0 Å². The number of hydrogen-bond donors (Lipinski definition) is 2. The second kappa shape index (κ2) is 6.58. The molecule has 1 saturated heterocycles. The summed E-state index contributed by atoms with van der Waals surface area (Å²) in [6, 6.07) is 5.43. The van der Waals surface area contributed by atoms with Gasteiger partial charge in [0, 0.05) is 31.5 Å². The molecular weight excluding hydrogens is 268 g/mol. The van der Waals surface area contributed by atoms with Gasteiger partial charge in [0.25, 0.3) is 0 Å². The molecule has 0 radical (unpaired) electrons. The molecule has 3 N–H and O–H groups in total. The van der Waals surface area contributed by atoms with E-state index in [9.17, 15) is 9.59 Å². The van der Waals surface area contributed by atoms with Crippen molar-refractivity contribution in [2.75, 3.05) is 44.3 Å². The van der Waals surface area contributed by atoms with E-state index in [0.29, 0.717) is 12.2 Å². The van der Waals surface area contributed by atoms with Crippen LogP contribution in [0.5, 0.6) is 0 Å². The van der Waals surface area contributed by atoms with Crippen LogP contribution in [0.15, 0.2) is 18.2 Å². The third-order valence-electron chi connectivity index (χ3n) is 3.77. The number of amides is 2. The molecule has 1 aliphatic heterocycles. The lowest BCUT2D eigenvalue weighted by Gasteiger charge is -2.19. The van der Waals surface area contributed by atoms with E-state index < -0.39 is 0 Å². The Bertz CT molecular complexity index is 544. The second-order valence-electron chi connectivity index (χ2n) is 5.45. The topological polar surface area (TPSA) is 78.7 Å². The number of benzene rings is 1. The number of nitrogens with two attached hydrogens (primary N) is 1. The van der Waals surface area contributed by atoms with Crippen molar-refractivity contribution in [1.82, 2.24) is 9.80 Å². The van der Waals surface area contributed by atoms with Crippen molar-refractivity contribution >= 4 is 23.2 Å². The first-order valence-electron chi connectivity index (χ1n) is 7.08. The minimum Gasteiger partial charge on any atom is -0.398 e. The maximum atomic E-state index is 12.1. The maximum Gasteiger partial charge on any atom is 0.238 e. The number of carbonyl (C=O) groups excluding carboxylic acids is 2. The Kier molecular flexibility index (Phi) is 4.80. The van der Waals surface area contributed by atoms with Crippen LogP contribution >= 0.6 is 0 Å². The summed E-state index contributed by atoms with van der Waals surface area (Å²) < 4.78 is 0. The van der Waals surface area contributed by atoms with Gasteiger partial charge in [-0.25, -0.2) is 0 Å². The van der Waals surface area contributed by atoms with E-state index in [4.69, 9.17) is 5.73 Å². The lowest BCUT2D eigenvalue weighted by atomic mass is 10.1. The van der Waals surface area contributed by atoms with Crippen LogP contribution in [0.2, 0.25) is 0 Å². The zero-order valence-corrected chi connectivity index (χ0v) is 12.6. The summed E-state index contributed by atoms with van der Waals surface area (Å²) in [5.41, 5.74) is 8.05. The van der Waals surface area contributed by atoms with Gasteiger partial charge in [0.05, 0.1) is 13.1 Å². The third-order valence-corrected chi connectivity index (χ3v) is 3.77. The molecule has 6 nitrogen and oxygen atoms in total. The van der Waals surface area contributed by atoms with Gasteiger partial charge < -0.3 is 16.0 Å². The van der Waals surface area contributed by atoms with E-state index in [-0.39, 0.29) is 18.4 Å². The molecule has 0 atom stereocenters. The first-order chi connectivity index (χ1) is 9.97. The Morgan fingerprint density at radius 2 is 2.14 bits per heavy atom. The number of anilines is 2. The Morgan fingerprint density at radius 1 is 1.38 bits per heavy atom. The molecule has 21 heavy (non-hydrogen) atoms. The highest BCUT2D eigenvalue weighted by Crippen LogP contribution is 2.20. The number of nitrogens with one attached hydrogen (secondary N) is 1. The molecule has 0 unspecified atom stereocenters. The van der Waals surface area contributed by atoms with Crippen LogP contribution in [0.3, 0.4) is 0 Å². The summed E-state index contributed by atoms with van der Waals surface area (Å²) >= 11 is 0. The SMILES string of the molecule is Cc1c(N)cccc1NC(=O)CN1CCCN(C)C(=O)C1. The zero-order valence-electron chi connectivity index (χ0n) is 12.6. The van der Waals surface area contributed by atoms with Gasteiger partial charge in [-0.15, -0.1) is 0 Å². The molecule has 1 heterocycles. The van der Waals surface area contributed by atoms with Gasteiger partial charge in [-0.1, -0.05) is 6.07 Å². The molecule has 0 saturated carbocycles. The van der Waals surface area contributed by atoms with Gasteiger partial charge >= 0.3 is 0 Å². The number of nitrogens with zero attached hydrogens (tertiary/aromatic N) is 2. The fourth-order valence-electron chi connectivity index (χ4n) is 2.36. The van der Waals surface area contributed by atoms with E-state index in [1.54, 1.807) is 18.0 Å². The largest absolute Gasteiger partial charge is 0.398 e. The third kappa shape index (κ3) is 3.95. The number of carbonyl (C=O) groups is 2. The van der Waals surface area contributed by atoms with Gasteiger partial charge in [-0.2, -0.15) is 0 Å². The van der Waals surface area contributed by atoms with Crippen LogP contribution in [0.1, 0.15) is 12.0 Å². The van der Waals surface area contributed by atoms with Gasteiger partial charge in [-0.05, 0) is 31.0 Å². The Morgan fingerprint density at radius 3 is 2.90 bits per heavy atom. The predicted octanol–water partition coefficient (Wildman–Crippen LogP) is 0.680. The normalized spacial score (nSPS) is 16.7. The molecule has 1 fully saturated rings. The highest BCUT2D eigenvalue weighted by atomic mass is 16.2. The molecule has 0 bridgehead atoms. The van der Waals surface area contributed by atoms with Crippen LogP contribution in [0, 0.1) is 6.92 Å². The van der Waals surface area contributed by atoms with Crippen molar-refractivity contribution in [3.8, 4) is 0 Å². The summed E-state index contributed by atoms with van der Waals surface area (Å²) in [6.07, 6.45) is 0.882. The summed E-state index contributed by atoms with van der Waals surface area (Å²) in [4.78, 5) is 27.5. The number of likely N-dealkylation sites (N-methyl/N-ethyl adjacent to an activating group) is 1. The van der Waals surface area contributed by atoms with Gasteiger partial charge in [0.15, 0.2) is 0 Å². The number of hydrogen-bond acceptors (Lipinski definition) is 4. The van der Waals surface area contributed by atoms with Crippen LogP contribution in [-0.2, 0) is 9.59 Å². The average molecular weight is 290 g/mol.